The van der Waals surface area contributed by atoms with E-state index in [1.165, 1.54) is 43.9 Å². The number of carbonyl (C=O) groups excluding carboxylic acids is 1. The fourth-order valence-electron chi connectivity index (χ4n) is 13.5. The van der Waals surface area contributed by atoms with Gasteiger partial charge < -0.3 is 63.0 Å². The number of halogens is 9. The van der Waals surface area contributed by atoms with Gasteiger partial charge in [-0.3, -0.25) is 52.7 Å². The molecule has 7 aliphatic rings. The molecule has 46 heteroatoms. The zero-order chi connectivity index (χ0) is 96.9. The summed E-state index contributed by atoms with van der Waals surface area (Å²) in [5.41, 5.74) is 14.0. The Bertz CT molecular complexity index is 5130. The predicted octanol–water partition coefficient (Wildman–Crippen LogP) is 12.1. The number of amides is 1. The van der Waals surface area contributed by atoms with Gasteiger partial charge in [-0.25, -0.2) is 46.5 Å². The van der Waals surface area contributed by atoms with Crippen molar-refractivity contribution in [1.29, 1.82) is 0 Å². The lowest BCUT2D eigenvalue weighted by atomic mass is 9.91. The molecule has 6 aliphatic carbocycles. The van der Waals surface area contributed by atoms with Crippen LogP contribution in [0.4, 0.5) is 70.5 Å². The van der Waals surface area contributed by atoms with E-state index in [1.54, 1.807) is 35.2 Å². The Morgan fingerprint density at radius 1 is 0.469 bits per heavy atom. The molecule has 0 radical (unpaired) electrons. The summed E-state index contributed by atoms with van der Waals surface area (Å²) >= 11 is 0. The van der Waals surface area contributed by atoms with Crippen molar-refractivity contribution in [2.45, 2.75) is 164 Å². The van der Waals surface area contributed by atoms with Crippen LogP contribution in [-0.4, -0.2) is 279 Å². The van der Waals surface area contributed by atoms with Crippen LogP contribution in [0.15, 0.2) is 115 Å². The summed E-state index contributed by atoms with van der Waals surface area (Å²) in [6.45, 7) is 3.59. The topological polar surface area (TPSA) is 460 Å². The van der Waals surface area contributed by atoms with Crippen LogP contribution in [-0.2, 0) is 59.6 Å². The van der Waals surface area contributed by atoms with Gasteiger partial charge in [0.2, 0.25) is 17.5 Å². The highest BCUT2D eigenvalue weighted by molar-refractivity contribution is 8.13. The summed E-state index contributed by atoms with van der Waals surface area (Å²) in [5, 5.41) is 45.0. The zero-order valence-corrected chi connectivity index (χ0v) is 81.1. The maximum atomic E-state index is 13.1. The number of likely N-dealkylation sites (N-methyl/N-ethyl adjacent to an activating group) is 2. The van der Waals surface area contributed by atoms with E-state index >= 15 is 0 Å². The highest BCUT2D eigenvalue weighted by atomic mass is 35.7. The molecular formula is C84H130Cl2F7N15O17S5. The molecule has 5 aromatic rings. The van der Waals surface area contributed by atoms with Crippen molar-refractivity contribution in [2.75, 3.05) is 200 Å². The average molecular weight is 1990 g/mol. The van der Waals surface area contributed by atoms with E-state index in [0.29, 0.717) is 100 Å². The molecule has 0 unspecified atom stereocenters. The van der Waals surface area contributed by atoms with Crippen LogP contribution >= 0.6 is 23.1 Å². The Morgan fingerprint density at radius 2 is 0.800 bits per heavy atom. The first-order valence-corrected chi connectivity index (χ1v) is 51.2. The fraction of sp³-hybridized carbons (Fsp3) is 0.631. The van der Waals surface area contributed by atoms with Crippen molar-refractivity contribution in [1.82, 2.24) is 30.2 Å². The Morgan fingerprint density at radius 3 is 1.12 bits per heavy atom. The Labute approximate surface area is 771 Å². The lowest BCUT2D eigenvalue weighted by molar-refractivity contribution is -0.387. The number of nitro benzene ring substituents is 3. The summed E-state index contributed by atoms with van der Waals surface area (Å²) in [4.78, 5) is 51.2. The maximum absolute atomic E-state index is 13.1. The minimum atomic E-state index is -4.07. The third kappa shape index (κ3) is 37.5. The smallest absolute Gasteiger partial charge is 0.306 e. The maximum Gasteiger partial charge on any atom is 0.306 e. The molecule has 1 heterocycles. The molecule has 130 heavy (non-hydrogen) atoms. The number of nitrogens with zero attached hydrogens (tertiary/aromatic N) is 8. The Balaban J connectivity index is 0.000000322. The molecule has 32 nitrogen and oxygen atoms in total. The zero-order valence-electron chi connectivity index (χ0n) is 75.5. The molecule has 12 rings (SSSR count). The lowest BCUT2D eigenvalue weighted by Gasteiger charge is -2.30. The number of benzene rings is 5. The Hall–Kier alpha value is -7.31. The first kappa shape index (κ1) is 115. The lowest BCUT2D eigenvalue weighted by Crippen LogP contribution is -2.47. The summed E-state index contributed by atoms with van der Waals surface area (Å²) in [6, 6.07) is 19.3. The van der Waals surface area contributed by atoms with Gasteiger partial charge in [0.05, 0.1) is 107 Å². The van der Waals surface area contributed by atoms with Gasteiger partial charge in [0.25, 0.3) is 14.7 Å². The van der Waals surface area contributed by atoms with E-state index in [1.807, 2.05) is 47.2 Å². The second-order valence-electron chi connectivity index (χ2n) is 35.3. The van der Waals surface area contributed by atoms with E-state index in [9.17, 15) is 108 Å². The molecule has 0 bridgehead atoms. The van der Waals surface area contributed by atoms with Crippen molar-refractivity contribution in [3.63, 3.8) is 0 Å². The van der Waals surface area contributed by atoms with Crippen molar-refractivity contribution < 1.29 is 92.4 Å². The number of sulfone groups is 4. The normalized spacial score (nSPS) is 17.8. The van der Waals surface area contributed by atoms with Crippen LogP contribution in [0.25, 0.3) is 0 Å². The molecular weight excluding hydrogens is 1860 g/mol. The number of carbonyl (C=O) groups is 1. The van der Waals surface area contributed by atoms with Crippen molar-refractivity contribution >= 4 is 117 Å². The number of alkyl halides is 5. The second-order valence-corrected chi connectivity index (χ2v) is 45.8. The summed E-state index contributed by atoms with van der Waals surface area (Å²) in [6.07, 6.45) is 15.7. The van der Waals surface area contributed by atoms with Crippen LogP contribution in [0.5, 0.6) is 0 Å². The largest absolute Gasteiger partial charge is 0.397 e. The number of anilines is 4. The first-order chi connectivity index (χ1) is 60.3. The number of nitrogens with two attached hydrogens (primary N) is 3. The van der Waals surface area contributed by atoms with Crippen LogP contribution in [0.3, 0.4) is 0 Å². The molecule has 1 amide bonds. The minimum Gasteiger partial charge on any atom is -0.397 e. The molecule has 0 spiro atoms. The van der Waals surface area contributed by atoms with Crippen LogP contribution in [0, 0.1) is 63.6 Å². The van der Waals surface area contributed by atoms with E-state index < -0.39 is 145 Å². The van der Waals surface area contributed by atoms with E-state index in [2.05, 4.69) is 64.2 Å². The minimum absolute atomic E-state index is 0. The third-order valence-corrected chi connectivity index (χ3v) is 31.9. The molecule has 6 fully saturated rings. The number of rotatable bonds is 40. The monoisotopic (exact) mass is 1980 g/mol. The van der Waals surface area contributed by atoms with Gasteiger partial charge in [-0.05, 0) is 284 Å². The summed E-state index contributed by atoms with van der Waals surface area (Å²) in [7, 11) is 6.29. The van der Waals surface area contributed by atoms with Crippen LogP contribution < -0.4 is 43.4 Å². The SMILES string of the molecule is CN(C)CCCN.CN(C)CCCN1C(=O)Cc2cc(S(=O)(=O)CC3(CF)CC3)ccc21.CN(C)CCCNc1ccc(S(=O)(=O)CC2(CF)CC2)cc1N.CN(C)CCCNc1ccc(S(=O)(=O)CC2(CF)CC2)cc1[N+](=O)[O-].CN[C@@H]1CCCC[C@H]1NC.Cl.NC1(CF)CC1.O=[N+]([O-])c1cc(S(=O)(=O)CC2(CF)CC2)ccc1F.O=[N+]([O-])c1cc(S(=O)(=O)Cl)ccc1F. The highest BCUT2D eigenvalue weighted by Crippen LogP contribution is 2.51. The predicted molar refractivity (Wildman–Crippen MR) is 497 cm³/mol. The fourth-order valence-corrected chi connectivity index (χ4v) is 22.0. The van der Waals surface area contributed by atoms with Crippen LogP contribution in [0.2, 0.25) is 0 Å². The molecule has 0 saturated heterocycles. The molecule has 1 aliphatic heterocycles. The van der Waals surface area contributed by atoms with E-state index in [4.69, 9.17) is 27.9 Å². The standard InChI is InChI=1S/C18H25FN2O3S.C16H24FN3O4S.C16H26FN3O2S.C11H11F2NO4S.C8H18N2.C6H3ClFNO4S.C5H14N2.C4H8FN.ClH/c1-20(2)8-3-9-21-16-5-4-15(10-14(16)11-17(21)22)25(23,24)13-18(12-19)6-7-18;1-19(2)9-3-8-18-14-5-4-13(10-15(14)20(21)22)25(23,24)12-16(11-17)6-7-16;1-20(2)9-3-8-19-15-5-4-13(10-14(15)18)23(21,22)12-16(11-17)6-7-16;12-6-11(3-4-11)7-19(17,18)8-1-2-9(13)10(5-8)14(15)16;1-9-7-5-3-4-6-8(7)10-2;7-14(12,13)4-1-2-5(8)6(3-4)9(10)11;1-7(2)5-3-4-6;5-3-4(6)1-2-4;/h4-5,10H,3,6-9,11-13H2,1-2H3;4-5,10,18H,3,6-9,11-12H2,1-2H3;4-5,10,19H,3,6-9,11-12,18H2,1-2H3;1-2,5H,3-4,6-7H2;7-10H,3-6H2,1-2H3;1-3H;3-6H2,1-2H3;1-3,6H2;1H/t;;;;7-,8-;;;;/m....1..../s1. The number of nitrogens with one attached hydrogen (secondary N) is 4. The average Bonchev–Trinajstić information content (AvgIpc) is 1.66. The highest BCUT2D eigenvalue weighted by Gasteiger charge is 2.50. The molecule has 0 aromatic heterocycles. The quantitative estimate of drug-likeness (QED) is 0.00364. The van der Waals surface area contributed by atoms with Gasteiger partial charge in [0.1, 0.15) is 12.4 Å². The molecule has 10 N–H and O–H groups in total. The van der Waals surface area contributed by atoms with Gasteiger partial charge in [0.15, 0.2) is 39.3 Å². The van der Waals surface area contributed by atoms with Crippen molar-refractivity contribution in [3.8, 4) is 0 Å². The molecule has 736 valence electrons. The summed E-state index contributed by atoms with van der Waals surface area (Å²) in [5.74, 6) is -3.19. The number of hydrogen-bond donors (Lipinski definition) is 7. The van der Waals surface area contributed by atoms with Gasteiger partial charge in [-0.15, -0.1) is 12.4 Å². The second kappa shape index (κ2) is 51.4. The third-order valence-electron chi connectivity index (χ3n) is 22.7. The van der Waals surface area contributed by atoms with E-state index in [0.717, 1.165) is 119 Å². The van der Waals surface area contributed by atoms with Crippen molar-refractivity contribution in [2.24, 2.45) is 33.1 Å². The molecule has 6 saturated carbocycles. The number of hydrogen-bond acceptors (Lipinski definition) is 28. The molecule has 5 aromatic carbocycles. The van der Waals surface area contributed by atoms with Gasteiger partial charge >= 0.3 is 11.4 Å². The summed E-state index contributed by atoms with van der Waals surface area (Å²) < 4.78 is 209. The van der Waals surface area contributed by atoms with Crippen LogP contribution in [0.1, 0.15) is 121 Å². The molecule has 2 atom stereocenters. The van der Waals surface area contributed by atoms with Gasteiger partial charge in [-0.1, -0.05) is 12.8 Å². The van der Waals surface area contributed by atoms with Gasteiger partial charge in [0, 0.05) is 93.5 Å². The number of nitro groups is 3. The number of nitrogen functional groups attached to an aromatic ring is 1. The number of fused-ring (bicyclic) bond motifs is 1. The first-order valence-electron chi connectivity index (χ1n) is 42.3. The Kier molecular flexibility index (Phi) is 45.5. The van der Waals surface area contributed by atoms with E-state index in [-0.39, 0.29) is 85.2 Å². The van der Waals surface area contributed by atoms with Gasteiger partial charge in [-0.2, -0.15) is 8.78 Å². The van der Waals surface area contributed by atoms with Crippen molar-refractivity contribution in [3.05, 3.63) is 139 Å².